The minimum absolute atomic E-state index is 0.212. The zero-order valence-electron chi connectivity index (χ0n) is 11.9. The van der Waals surface area contributed by atoms with Crippen LogP contribution in [-0.2, 0) is 4.79 Å². The maximum absolute atomic E-state index is 11.5. The van der Waals surface area contributed by atoms with Gasteiger partial charge in [-0.2, -0.15) is 0 Å². The van der Waals surface area contributed by atoms with Crippen LogP contribution in [0, 0.1) is 0 Å². The standard InChI is InChI=1S/C15H16ClN3O2S/c16-12-4-2-1-3-11(12)13-10-22-15(17-13)19-7-5-18(6-8-19)14(21)9-20/h1-4,10,20H,5-9H2. The highest BCUT2D eigenvalue weighted by Crippen LogP contribution is 2.32. The third-order valence-corrected chi connectivity index (χ3v) is 4.91. The molecule has 5 nitrogen and oxygen atoms in total. The number of aromatic nitrogens is 1. The summed E-state index contributed by atoms with van der Waals surface area (Å²) in [4.78, 5) is 20.0. The summed E-state index contributed by atoms with van der Waals surface area (Å²) in [6, 6.07) is 7.66. The van der Waals surface area contributed by atoms with Gasteiger partial charge in [0.25, 0.3) is 0 Å². The molecule has 22 heavy (non-hydrogen) atoms. The smallest absolute Gasteiger partial charge is 0.248 e. The van der Waals surface area contributed by atoms with Crippen LogP contribution in [0.15, 0.2) is 29.6 Å². The molecule has 2 aromatic rings. The Balaban J connectivity index is 1.71. The summed E-state index contributed by atoms with van der Waals surface area (Å²) < 4.78 is 0. The second-order valence-electron chi connectivity index (χ2n) is 5.02. The predicted octanol–water partition coefficient (Wildman–Crippen LogP) is 2.10. The number of hydrogen-bond acceptors (Lipinski definition) is 5. The van der Waals surface area contributed by atoms with Crippen LogP contribution in [0.3, 0.4) is 0 Å². The van der Waals surface area contributed by atoms with E-state index in [0.29, 0.717) is 18.1 Å². The minimum atomic E-state index is -0.423. The second-order valence-corrected chi connectivity index (χ2v) is 6.26. The van der Waals surface area contributed by atoms with Crippen LogP contribution >= 0.6 is 22.9 Å². The number of aliphatic hydroxyl groups is 1. The molecule has 1 fully saturated rings. The number of hydrogen-bond donors (Lipinski definition) is 1. The predicted molar refractivity (Wildman–Crippen MR) is 88.4 cm³/mol. The summed E-state index contributed by atoms with van der Waals surface area (Å²) in [5.74, 6) is -0.212. The van der Waals surface area contributed by atoms with Gasteiger partial charge in [0.05, 0.1) is 5.69 Å². The topological polar surface area (TPSA) is 56.7 Å². The number of piperazine rings is 1. The van der Waals surface area contributed by atoms with Crippen LogP contribution in [0.25, 0.3) is 11.3 Å². The summed E-state index contributed by atoms with van der Waals surface area (Å²) in [5, 5.41) is 12.5. The largest absolute Gasteiger partial charge is 0.387 e. The SMILES string of the molecule is O=C(CO)N1CCN(c2nc(-c3ccccc3Cl)cs2)CC1. The lowest BCUT2D eigenvalue weighted by Gasteiger charge is -2.34. The highest BCUT2D eigenvalue weighted by atomic mass is 35.5. The lowest BCUT2D eigenvalue weighted by atomic mass is 10.2. The minimum Gasteiger partial charge on any atom is -0.387 e. The number of nitrogens with zero attached hydrogens (tertiary/aromatic N) is 3. The lowest BCUT2D eigenvalue weighted by molar-refractivity contribution is -0.134. The molecule has 1 aliphatic rings. The van der Waals surface area contributed by atoms with Gasteiger partial charge in [0.15, 0.2) is 5.13 Å². The maximum Gasteiger partial charge on any atom is 0.248 e. The van der Waals surface area contributed by atoms with Gasteiger partial charge in [-0.15, -0.1) is 11.3 Å². The van der Waals surface area contributed by atoms with Gasteiger partial charge in [-0.3, -0.25) is 4.79 Å². The van der Waals surface area contributed by atoms with Crippen LogP contribution in [-0.4, -0.2) is 53.7 Å². The summed E-state index contributed by atoms with van der Waals surface area (Å²) in [7, 11) is 0. The van der Waals surface area contributed by atoms with Crippen LogP contribution in [0.4, 0.5) is 5.13 Å². The van der Waals surface area contributed by atoms with E-state index in [-0.39, 0.29) is 5.91 Å². The van der Waals surface area contributed by atoms with Crippen LogP contribution in [0.2, 0.25) is 5.02 Å². The average molecular weight is 338 g/mol. The first-order valence-corrected chi connectivity index (χ1v) is 8.29. The highest BCUT2D eigenvalue weighted by molar-refractivity contribution is 7.14. The zero-order valence-corrected chi connectivity index (χ0v) is 13.5. The lowest BCUT2D eigenvalue weighted by Crippen LogP contribution is -2.49. The van der Waals surface area contributed by atoms with E-state index in [1.54, 1.807) is 16.2 Å². The van der Waals surface area contributed by atoms with Crippen LogP contribution in [0.1, 0.15) is 0 Å². The molecule has 0 saturated carbocycles. The van der Waals surface area contributed by atoms with Crippen molar-refractivity contribution in [1.29, 1.82) is 0 Å². The molecule has 0 unspecified atom stereocenters. The van der Waals surface area contributed by atoms with Gasteiger partial charge in [0.2, 0.25) is 5.91 Å². The third-order valence-electron chi connectivity index (χ3n) is 3.68. The van der Waals surface area contributed by atoms with E-state index in [1.807, 2.05) is 29.6 Å². The average Bonchev–Trinajstić information content (AvgIpc) is 3.04. The van der Waals surface area contributed by atoms with Crippen molar-refractivity contribution in [3.8, 4) is 11.3 Å². The molecule has 0 spiro atoms. The van der Waals surface area contributed by atoms with Gasteiger partial charge in [-0.05, 0) is 6.07 Å². The normalized spacial score (nSPS) is 15.2. The van der Waals surface area contributed by atoms with Crippen molar-refractivity contribution in [3.63, 3.8) is 0 Å². The summed E-state index contributed by atoms with van der Waals surface area (Å²) >= 11 is 7.79. The number of halogens is 1. The van der Waals surface area contributed by atoms with Crippen molar-refractivity contribution in [2.24, 2.45) is 0 Å². The van der Waals surface area contributed by atoms with Crippen molar-refractivity contribution < 1.29 is 9.90 Å². The van der Waals surface area contributed by atoms with Gasteiger partial charge >= 0.3 is 0 Å². The Labute approximate surface area is 137 Å². The van der Waals surface area contributed by atoms with E-state index in [0.717, 1.165) is 29.5 Å². The molecule has 1 aromatic carbocycles. The molecule has 3 rings (SSSR count). The summed E-state index contributed by atoms with van der Waals surface area (Å²) in [6.07, 6.45) is 0. The van der Waals surface area contributed by atoms with E-state index >= 15 is 0 Å². The third kappa shape index (κ3) is 3.09. The Morgan fingerprint density at radius 2 is 2.00 bits per heavy atom. The molecule has 2 heterocycles. The number of amides is 1. The molecule has 1 aliphatic heterocycles. The molecular formula is C15H16ClN3O2S. The molecule has 1 N–H and O–H groups in total. The van der Waals surface area contributed by atoms with Crippen molar-refractivity contribution in [1.82, 2.24) is 9.88 Å². The Morgan fingerprint density at radius 1 is 1.27 bits per heavy atom. The van der Waals surface area contributed by atoms with Crippen LogP contribution < -0.4 is 4.90 Å². The number of anilines is 1. The van der Waals surface area contributed by atoms with Gasteiger partial charge < -0.3 is 14.9 Å². The van der Waals surface area contributed by atoms with Gasteiger partial charge in [0.1, 0.15) is 6.61 Å². The number of benzene rings is 1. The number of carbonyl (C=O) groups is 1. The van der Waals surface area contributed by atoms with Crippen molar-refractivity contribution >= 4 is 34.0 Å². The van der Waals surface area contributed by atoms with Crippen LogP contribution in [0.5, 0.6) is 0 Å². The molecule has 116 valence electrons. The Kier molecular flexibility index (Phi) is 4.61. The molecular weight excluding hydrogens is 322 g/mol. The number of aliphatic hydroxyl groups excluding tert-OH is 1. The molecule has 1 saturated heterocycles. The molecule has 7 heteroatoms. The van der Waals surface area contributed by atoms with E-state index < -0.39 is 6.61 Å². The highest BCUT2D eigenvalue weighted by Gasteiger charge is 2.22. The number of carbonyl (C=O) groups excluding carboxylic acids is 1. The zero-order chi connectivity index (χ0) is 15.5. The molecule has 1 aromatic heterocycles. The second kappa shape index (κ2) is 6.64. The number of rotatable bonds is 3. The first-order valence-electron chi connectivity index (χ1n) is 7.03. The number of thiazole rings is 1. The fourth-order valence-corrected chi connectivity index (χ4v) is 3.56. The van der Waals surface area contributed by atoms with E-state index in [4.69, 9.17) is 16.7 Å². The monoisotopic (exact) mass is 337 g/mol. The quantitative estimate of drug-likeness (QED) is 0.932. The summed E-state index contributed by atoms with van der Waals surface area (Å²) in [5.41, 5.74) is 1.81. The molecule has 1 amide bonds. The molecule has 0 radical (unpaired) electrons. The van der Waals surface area contributed by atoms with Crippen molar-refractivity contribution in [2.75, 3.05) is 37.7 Å². The molecule has 0 bridgehead atoms. The van der Waals surface area contributed by atoms with Crippen molar-refractivity contribution in [3.05, 3.63) is 34.7 Å². The Bertz CT molecular complexity index is 668. The van der Waals surface area contributed by atoms with Gasteiger partial charge in [-0.1, -0.05) is 29.8 Å². The van der Waals surface area contributed by atoms with Crippen molar-refractivity contribution in [2.45, 2.75) is 0 Å². The van der Waals surface area contributed by atoms with Gasteiger partial charge in [0, 0.05) is 42.1 Å². The molecule has 0 aliphatic carbocycles. The van der Waals surface area contributed by atoms with E-state index in [2.05, 4.69) is 9.88 Å². The maximum atomic E-state index is 11.5. The van der Waals surface area contributed by atoms with E-state index in [9.17, 15) is 4.79 Å². The first-order chi connectivity index (χ1) is 10.7. The van der Waals surface area contributed by atoms with E-state index in [1.165, 1.54) is 0 Å². The fraction of sp³-hybridized carbons (Fsp3) is 0.333. The first kappa shape index (κ1) is 15.3. The van der Waals surface area contributed by atoms with Gasteiger partial charge in [-0.25, -0.2) is 4.98 Å². The molecule has 0 atom stereocenters. The fourth-order valence-electron chi connectivity index (χ4n) is 2.45. The Hall–Kier alpha value is -1.63. The summed E-state index contributed by atoms with van der Waals surface area (Å²) in [6.45, 7) is 2.25. The Morgan fingerprint density at radius 3 is 2.68 bits per heavy atom.